The third-order valence-electron chi connectivity index (χ3n) is 5.30. The number of carbonyl (C=O) groups is 1. The van der Waals surface area contributed by atoms with Crippen LogP contribution >= 0.6 is 0 Å². The first kappa shape index (κ1) is 14.6. The molecule has 114 valence electrons. The van der Waals surface area contributed by atoms with Crippen molar-refractivity contribution in [2.75, 3.05) is 19.6 Å². The van der Waals surface area contributed by atoms with Crippen molar-refractivity contribution in [1.29, 1.82) is 0 Å². The minimum Gasteiger partial charge on any atom is -0.338 e. The Morgan fingerprint density at radius 3 is 2.29 bits per heavy atom. The Hall–Kier alpha value is -1.35. The lowest BCUT2D eigenvalue weighted by molar-refractivity contribution is -0.139. The van der Waals surface area contributed by atoms with Crippen LogP contribution < -0.4 is 0 Å². The number of hydrogen-bond donors (Lipinski definition) is 0. The summed E-state index contributed by atoms with van der Waals surface area (Å²) in [5.74, 6) is 0.398. The van der Waals surface area contributed by atoms with Crippen LogP contribution in [-0.2, 0) is 11.3 Å². The summed E-state index contributed by atoms with van der Waals surface area (Å²) < 4.78 is 0. The molecule has 1 aromatic rings. The molecule has 0 atom stereocenters. The highest BCUT2D eigenvalue weighted by Gasteiger charge is 2.47. The summed E-state index contributed by atoms with van der Waals surface area (Å²) in [5.41, 5.74) is 1.18. The van der Waals surface area contributed by atoms with Gasteiger partial charge in [0.1, 0.15) is 0 Å². The average molecular weight is 286 g/mol. The number of nitrogens with zero attached hydrogens (tertiary/aromatic N) is 2. The standard InChI is InChI=1S/C18H26N2O/c1-15(2)19-11-8-18(9-12-19)10-13-20(17(18)21)14-16-6-4-3-5-7-16/h3-7,15H,8-14H2,1-2H3. The highest BCUT2D eigenvalue weighted by Crippen LogP contribution is 2.42. The first-order valence-corrected chi connectivity index (χ1v) is 8.18. The molecule has 0 radical (unpaired) electrons. The van der Waals surface area contributed by atoms with Gasteiger partial charge in [-0.1, -0.05) is 30.3 Å². The van der Waals surface area contributed by atoms with Crippen LogP contribution in [-0.4, -0.2) is 41.4 Å². The van der Waals surface area contributed by atoms with Crippen LogP contribution in [0.25, 0.3) is 0 Å². The monoisotopic (exact) mass is 286 g/mol. The number of hydrogen-bond acceptors (Lipinski definition) is 2. The molecule has 2 aliphatic rings. The number of rotatable bonds is 3. The van der Waals surface area contributed by atoms with Gasteiger partial charge >= 0.3 is 0 Å². The van der Waals surface area contributed by atoms with Crippen LogP contribution in [0.1, 0.15) is 38.7 Å². The lowest BCUT2D eigenvalue weighted by Crippen LogP contribution is -2.46. The van der Waals surface area contributed by atoms with Gasteiger partial charge in [0.15, 0.2) is 0 Å². The van der Waals surface area contributed by atoms with Crippen molar-refractivity contribution in [3.63, 3.8) is 0 Å². The van der Waals surface area contributed by atoms with Gasteiger partial charge in [-0.3, -0.25) is 4.79 Å². The Kier molecular flexibility index (Phi) is 4.03. The van der Waals surface area contributed by atoms with E-state index in [1.165, 1.54) is 5.56 Å². The molecule has 0 aliphatic carbocycles. The fraction of sp³-hybridized carbons (Fsp3) is 0.611. The Morgan fingerprint density at radius 1 is 1.05 bits per heavy atom. The maximum absolute atomic E-state index is 12.9. The van der Waals surface area contributed by atoms with Crippen molar-refractivity contribution in [2.24, 2.45) is 5.41 Å². The third-order valence-corrected chi connectivity index (χ3v) is 5.30. The molecule has 2 aliphatic heterocycles. The molecule has 1 spiro atoms. The predicted molar refractivity (Wildman–Crippen MR) is 84.9 cm³/mol. The summed E-state index contributed by atoms with van der Waals surface area (Å²) in [6.07, 6.45) is 3.12. The fourth-order valence-corrected chi connectivity index (χ4v) is 3.78. The Labute approximate surface area is 127 Å². The van der Waals surface area contributed by atoms with Crippen LogP contribution in [0.3, 0.4) is 0 Å². The Morgan fingerprint density at radius 2 is 1.67 bits per heavy atom. The highest BCUT2D eigenvalue weighted by molar-refractivity contribution is 5.85. The lowest BCUT2D eigenvalue weighted by Gasteiger charge is -2.39. The summed E-state index contributed by atoms with van der Waals surface area (Å²) in [7, 11) is 0. The summed E-state index contributed by atoms with van der Waals surface area (Å²) in [4.78, 5) is 17.4. The highest BCUT2D eigenvalue weighted by atomic mass is 16.2. The fourth-order valence-electron chi connectivity index (χ4n) is 3.78. The topological polar surface area (TPSA) is 23.6 Å². The number of carbonyl (C=O) groups excluding carboxylic acids is 1. The van der Waals surface area contributed by atoms with Crippen LogP contribution in [0.2, 0.25) is 0 Å². The maximum Gasteiger partial charge on any atom is 0.229 e. The molecule has 0 N–H and O–H groups in total. The molecule has 2 saturated heterocycles. The normalized spacial score (nSPS) is 22.4. The average Bonchev–Trinajstić information content (AvgIpc) is 2.79. The quantitative estimate of drug-likeness (QED) is 0.853. The number of likely N-dealkylation sites (tertiary alicyclic amines) is 2. The molecular weight excluding hydrogens is 260 g/mol. The molecule has 3 rings (SSSR count). The molecule has 2 heterocycles. The molecule has 1 aromatic carbocycles. The molecule has 1 amide bonds. The second-order valence-electron chi connectivity index (χ2n) is 6.87. The van der Waals surface area contributed by atoms with E-state index in [4.69, 9.17) is 0 Å². The van der Waals surface area contributed by atoms with Crippen LogP contribution in [0.4, 0.5) is 0 Å². The van der Waals surface area contributed by atoms with Gasteiger partial charge in [0.2, 0.25) is 5.91 Å². The third kappa shape index (κ3) is 2.84. The molecule has 0 unspecified atom stereocenters. The van der Waals surface area contributed by atoms with Crippen molar-refractivity contribution in [1.82, 2.24) is 9.80 Å². The molecule has 21 heavy (non-hydrogen) atoms. The largest absolute Gasteiger partial charge is 0.338 e. The van der Waals surface area contributed by atoms with Gasteiger partial charge in [-0.05, 0) is 51.8 Å². The zero-order chi connectivity index (χ0) is 14.9. The Bertz CT molecular complexity index is 489. The molecule has 0 aromatic heterocycles. The van der Waals surface area contributed by atoms with Crippen molar-refractivity contribution in [3.8, 4) is 0 Å². The van der Waals surface area contributed by atoms with Crippen LogP contribution in [0.15, 0.2) is 30.3 Å². The van der Waals surface area contributed by atoms with Crippen molar-refractivity contribution in [3.05, 3.63) is 35.9 Å². The van der Waals surface area contributed by atoms with E-state index in [-0.39, 0.29) is 5.41 Å². The minimum absolute atomic E-state index is 0.0554. The lowest BCUT2D eigenvalue weighted by atomic mass is 9.77. The van der Waals surface area contributed by atoms with E-state index in [0.717, 1.165) is 45.4 Å². The number of amides is 1. The summed E-state index contributed by atoms with van der Waals surface area (Å²) in [5, 5.41) is 0. The second kappa shape index (κ2) is 5.80. The minimum atomic E-state index is -0.0554. The van der Waals surface area contributed by atoms with Gasteiger partial charge in [0, 0.05) is 19.1 Å². The van der Waals surface area contributed by atoms with Crippen molar-refractivity contribution in [2.45, 2.75) is 45.7 Å². The van der Waals surface area contributed by atoms with Gasteiger partial charge in [0.25, 0.3) is 0 Å². The van der Waals surface area contributed by atoms with E-state index in [1.54, 1.807) is 0 Å². The molecular formula is C18H26N2O. The summed E-state index contributed by atoms with van der Waals surface area (Å²) in [6, 6.07) is 10.9. The van der Waals surface area contributed by atoms with Crippen molar-refractivity contribution < 1.29 is 4.79 Å². The van der Waals surface area contributed by atoms with E-state index in [1.807, 2.05) is 18.2 Å². The first-order chi connectivity index (χ1) is 10.1. The Balaban J connectivity index is 1.64. The van der Waals surface area contributed by atoms with E-state index < -0.39 is 0 Å². The zero-order valence-corrected chi connectivity index (χ0v) is 13.2. The van der Waals surface area contributed by atoms with Gasteiger partial charge < -0.3 is 9.80 Å². The number of piperidine rings is 1. The summed E-state index contributed by atoms with van der Waals surface area (Å²) in [6.45, 7) is 8.34. The molecule has 3 heteroatoms. The zero-order valence-electron chi connectivity index (χ0n) is 13.2. The van der Waals surface area contributed by atoms with Crippen LogP contribution in [0.5, 0.6) is 0 Å². The van der Waals surface area contributed by atoms with Crippen molar-refractivity contribution >= 4 is 5.91 Å². The first-order valence-electron chi connectivity index (χ1n) is 8.18. The molecule has 0 bridgehead atoms. The molecule has 2 fully saturated rings. The van der Waals surface area contributed by atoms with E-state index in [2.05, 4.69) is 35.8 Å². The van der Waals surface area contributed by atoms with E-state index in [0.29, 0.717) is 11.9 Å². The molecule has 0 saturated carbocycles. The predicted octanol–water partition coefficient (Wildman–Crippen LogP) is 2.91. The van der Waals surface area contributed by atoms with Gasteiger partial charge in [0.05, 0.1) is 5.41 Å². The van der Waals surface area contributed by atoms with E-state index in [9.17, 15) is 4.79 Å². The maximum atomic E-state index is 12.9. The number of benzene rings is 1. The van der Waals surface area contributed by atoms with Gasteiger partial charge in [-0.25, -0.2) is 0 Å². The second-order valence-corrected chi connectivity index (χ2v) is 6.87. The smallest absolute Gasteiger partial charge is 0.229 e. The summed E-state index contributed by atoms with van der Waals surface area (Å²) >= 11 is 0. The van der Waals surface area contributed by atoms with Gasteiger partial charge in [-0.15, -0.1) is 0 Å². The molecule has 3 nitrogen and oxygen atoms in total. The van der Waals surface area contributed by atoms with E-state index >= 15 is 0 Å². The van der Waals surface area contributed by atoms with Gasteiger partial charge in [-0.2, -0.15) is 0 Å². The SMILES string of the molecule is CC(C)N1CCC2(CCN(Cc3ccccc3)C2=O)CC1. The van der Waals surface area contributed by atoms with Crippen LogP contribution in [0, 0.1) is 5.41 Å².